The van der Waals surface area contributed by atoms with Gasteiger partial charge in [0, 0.05) is 18.6 Å². The number of aryl methyl sites for hydroxylation is 1. The molecular weight excluding hydrogens is 145 g/mol. The Morgan fingerprint density at radius 3 is 2.71 bits per heavy atom. The van der Waals surface area contributed by atoms with Crippen LogP contribution in [-0.2, 0) is 18.6 Å². The van der Waals surface area contributed by atoms with Crippen LogP contribution in [0.4, 0.5) is 0 Å². The maximum atomic E-state index is 3.81. The van der Waals surface area contributed by atoms with Crippen molar-refractivity contribution in [3.63, 3.8) is 0 Å². The summed E-state index contributed by atoms with van der Waals surface area (Å²) in [5, 5.41) is 1.96. The molecule has 0 saturated carbocycles. The molecule has 3 heteroatoms. The molecule has 0 unspecified atom stereocenters. The van der Waals surface area contributed by atoms with Crippen LogP contribution in [0, 0.1) is 12.4 Å². The topological polar surface area (TPSA) is 12.9 Å². The van der Waals surface area contributed by atoms with Gasteiger partial charge in [-0.3, -0.25) is 11.3 Å². The van der Waals surface area contributed by atoms with E-state index >= 15 is 0 Å². The Labute approximate surface area is 58.7 Å². The van der Waals surface area contributed by atoms with Gasteiger partial charge in [0.1, 0.15) is 0 Å². The first-order valence-corrected chi connectivity index (χ1v) is 2.56. The molecule has 0 aliphatic heterocycles. The SMILES string of the molecule is Cc1cs[c-]n1.[V]. The standard InChI is InChI=1S/C4H4NS.V/c1-4-2-6-3-5-4;/h2H,1H3;/q-1;. The molecule has 0 fully saturated rings. The number of hydrogen-bond donors (Lipinski definition) is 0. The summed E-state index contributed by atoms with van der Waals surface area (Å²) >= 11 is 1.50. The van der Waals surface area contributed by atoms with Gasteiger partial charge in [-0.05, 0) is 5.51 Å². The quantitative estimate of drug-likeness (QED) is 0.506. The van der Waals surface area contributed by atoms with Gasteiger partial charge < -0.3 is 4.98 Å². The number of hydrogen-bond acceptors (Lipinski definition) is 2. The van der Waals surface area contributed by atoms with Crippen molar-refractivity contribution < 1.29 is 18.6 Å². The molecule has 0 saturated heterocycles. The number of thiazole rings is 1. The summed E-state index contributed by atoms with van der Waals surface area (Å²) in [7, 11) is 0. The Morgan fingerprint density at radius 2 is 2.57 bits per heavy atom. The van der Waals surface area contributed by atoms with E-state index in [1.54, 1.807) is 0 Å². The number of nitrogens with zero attached hydrogens (tertiary/aromatic N) is 1. The van der Waals surface area contributed by atoms with Crippen molar-refractivity contribution in [3.8, 4) is 0 Å². The van der Waals surface area contributed by atoms with E-state index in [1.165, 1.54) is 11.3 Å². The van der Waals surface area contributed by atoms with Crippen molar-refractivity contribution in [2.75, 3.05) is 0 Å². The zero-order chi connectivity index (χ0) is 4.41. The third kappa shape index (κ3) is 2.12. The van der Waals surface area contributed by atoms with Gasteiger partial charge in [-0.2, -0.15) is 0 Å². The molecule has 1 aromatic heterocycles. The van der Waals surface area contributed by atoms with Crippen LogP contribution in [0.5, 0.6) is 0 Å². The molecule has 0 N–H and O–H groups in total. The summed E-state index contributed by atoms with van der Waals surface area (Å²) in [5.41, 5.74) is 3.78. The van der Waals surface area contributed by atoms with Crippen LogP contribution >= 0.6 is 11.3 Å². The predicted molar refractivity (Wildman–Crippen MR) is 25.7 cm³/mol. The van der Waals surface area contributed by atoms with E-state index in [2.05, 4.69) is 10.5 Å². The van der Waals surface area contributed by atoms with E-state index in [9.17, 15) is 0 Å². The van der Waals surface area contributed by atoms with Gasteiger partial charge in [-0.1, -0.05) is 6.92 Å². The Morgan fingerprint density at radius 1 is 1.86 bits per heavy atom. The second-order valence-electron chi connectivity index (χ2n) is 1.08. The summed E-state index contributed by atoms with van der Waals surface area (Å²) in [4.78, 5) is 3.81. The first-order valence-electron chi connectivity index (χ1n) is 1.68. The molecule has 1 nitrogen and oxygen atoms in total. The Balaban J connectivity index is 0.000000360. The molecular formula is C4H4NSV-. The van der Waals surface area contributed by atoms with Gasteiger partial charge in [0.05, 0.1) is 0 Å². The van der Waals surface area contributed by atoms with E-state index in [-0.39, 0.29) is 18.6 Å². The second kappa shape index (κ2) is 3.25. The van der Waals surface area contributed by atoms with Crippen LogP contribution in [0.25, 0.3) is 0 Å². The van der Waals surface area contributed by atoms with Crippen molar-refractivity contribution >= 4 is 11.3 Å². The number of aromatic nitrogens is 1. The van der Waals surface area contributed by atoms with Gasteiger partial charge in [0.15, 0.2) is 0 Å². The fraction of sp³-hybridized carbons (Fsp3) is 0.250. The van der Waals surface area contributed by atoms with E-state index < -0.39 is 0 Å². The van der Waals surface area contributed by atoms with Crippen molar-refractivity contribution in [2.45, 2.75) is 6.92 Å². The maximum Gasteiger partial charge on any atom is 0 e. The zero-order valence-corrected chi connectivity index (χ0v) is 6.09. The molecule has 0 atom stereocenters. The molecule has 0 spiro atoms. The molecule has 1 radical (unpaired) electrons. The van der Waals surface area contributed by atoms with Crippen molar-refractivity contribution in [2.24, 2.45) is 0 Å². The summed E-state index contributed by atoms with van der Waals surface area (Å²) in [5.74, 6) is 0. The Bertz CT molecular complexity index is 115. The molecule has 0 aromatic carbocycles. The van der Waals surface area contributed by atoms with Crippen LogP contribution in [0.2, 0.25) is 0 Å². The molecule has 0 bridgehead atoms. The molecule has 1 heterocycles. The molecule has 37 valence electrons. The normalized spacial score (nSPS) is 7.57. The third-order valence-electron chi connectivity index (χ3n) is 0.504. The van der Waals surface area contributed by atoms with E-state index in [4.69, 9.17) is 0 Å². The average molecular weight is 149 g/mol. The smallest absolute Gasteiger partial charge is 0 e. The van der Waals surface area contributed by atoms with Gasteiger partial charge in [-0.25, -0.2) is 0 Å². The van der Waals surface area contributed by atoms with Gasteiger partial charge in [-0.15, -0.1) is 11.1 Å². The fourth-order valence-corrected chi connectivity index (χ4v) is 0.709. The van der Waals surface area contributed by atoms with Crippen molar-refractivity contribution in [3.05, 3.63) is 16.6 Å². The van der Waals surface area contributed by atoms with Crippen LogP contribution < -0.4 is 0 Å². The fourth-order valence-electron chi connectivity index (χ4n) is 0.236. The average Bonchev–Trinajstić information content (AvgIpc) is 1.86. The molecule has 0 amide bonds. The molecule has 1 rings (SSSR count). The summed E-state index contributed by atoms with van der Waals surface area (Å²) < 4.78 is 0. The largest absolute Gasteiger partial charge is 0.391 e. The predicted octanol–water partition coefficient (Wildman–Crippen LogP) is 1.25. The summed E-state index contributed by atoms with van der Waals surface area (Å²) in [6.07, 6.45) is 0. The molecule has 0 aliphatic rings. The van der Waals surface area contributed by atoms with Crippen LogP contribution in [0.3, 0.4) is 0 Å². The monoisotopic (exact) mass is 149 g/mol. The minimum atomic E-state index is 0. The van der Waals surface area contributed by atoms with Crippen molar-refractivity contribution in [1.29, 1.82) is 0 Å². The molecule has 0 aliphatic carbocycles. The first kappa shape index (κ1) is 7.21. The summed E-state index contributed by atoms with van der Waals surface area (Å²) in [6.45, 7) is 1.95. The first-order chi connectivity index (χ1) is 2.89. The molecule has 1 aromatic rings. The van der Waals surface area contributed by atoms with E-state index in [0.29, 0.717) is 0 Å². The minimum Gasteiger partial charge on any atom is -0.391 e. The van der Waals surface area contributed by atoms with Gasteiger partial charge >= 0.3 is 0 Å². The molecule has 7 heavy (non-hydrogen) atoms. The summed E-state index contributed by atoms with van der Waals surface area (Å²) in [6, 6.07) is 0. The van der Waals surface area contributed by atoms with Crippen LogP contribution in [-0.4, -0.2) is 4.98 Å². The Hall–Kier alpha value is 0.214. The van der Waals surface area contributed by atoms with Crippen molar-refractivity contribution in [1.82, 2.24) is 4.98 Å². The van der Waals surface area contributed by atoms with E-state index in [1.807, 2.05) is 12.3 Å². The number of rotatable bonds is 0. The van der Waals surface area contributed by atoms with Crippen LogP contribution in [0.15, 0.2) is 5.38 Å². The van der Waals surface area contributed by atoms with Gasteiger partial charge in [0.25, 0.3) is 0 Å². The zero-order valence-electron chi connectivity index (χ0n) is 3.88. The third-order valence-corrected chi connectivity index (χ3v) is 1.16. The second-order valence-corrected chi connectivity index (χ2v) is 1.73. The maximum absolute atomic E-state index is 3.81. The van der Waals surface area contributed by atoms with Gasteiger partial charge in [0.2, 0.25) is 0 Å². The van der Waals surface area contributed by atoms with E-state index in [0.717, 1.165) is 5.69 Å². The van der Waals surface area contributed by atoms with Crippen LogP contribution in [0.1, 0.15) is 5.69 Å². The Kier molecular flexibility index (Phi) is 3.35. The minimum absolute atomic E-state index is 0.